The molecule has 10 nitrogen and oxygen atoms in total. The molecule has 0 atom stereocenters. The quantitative estimate of drug-likeness (QED) is 0.0899. The minimum Gasteiger partial charge on any atom is -0.497 e. The first kappa shape index (κ1) is 29.2. The average molecular weight is 669 g/mol. The molecule has 0 aliphatic heterocycles. The second-order valence-corrected chi connectivity index (χ2v) is 10.4. The van der Waals surface area contributed by atoms with E-state index in [2.05, 4.69) is 52.0 Å². The molecular weight excluding hydrogens is 645 g/mol. The first-order valence-corrected chi connectivity index (χ1v) is 14.1. The van der Waals surface area contributed by atoms with Crippen LogP contribution in [0.3, 0.4) is 0 Å². The van der Waals surface area contributed by atoms with Crippen molar-refractivity contribution in [3.63, 3.8) is 0 Å². The third-order valence-electron chi connectivity index (χ3n) is 5.72. The van der Waals surface area contributed by atoms with E-state index in [1.165, 1.54) is 0 Å². The molecule has 3 aromatic carbocycles. The van der Waals surface area contributed by atoms with Gasteiger partial charge in [0.25, 0.3) is 0 Å². The Bertz CT molecular complexity index is 1670. The van der Waals surface area contributed by atoms with Gasteiger partial charge in [0.15, 0.2) is 0 Å². The fraction of sp³-hybridized carbons (Fsp3) is 0.103. The van der Waals surface area contributed by atoms with E-state index in [0.29, 0.717) is 39.8 Å². The molecule has 2 heterocycles. The molecule has 5 aromatic rings. The van der Waals surface area contributed by atoms with Crippen molar-refractivity contribution in [2.45, 2.75) is 13.2 Å². The predicted octanol–water partition coefficient (Wildman–Crippen LogP) is 7.92. The van der Waals surface area contributed by atoms with Gasteiger partial charge in [-0.15, -0.1) is 0 Å². The number of hydrogen-bond donors (Lipinski definition) is 3. The van der Waals surface area contributed by atoms with E-state index in [0.717, 1.165) is 27.2 Å². The summed E-state index contributed by atoms with van der Waals surface area (Å²) in [5.41, 5.74) is 5.17. The summed E-state index contributed by atoms with van der Waals surface area (Å²) in [7, 11) is 1.61. The van der Waals surface area contributed by atoms with Crippen LogP contribution in [0.1, 0.15) is 16.9 Å². The summed E-state index contributed by atoms with van der Waals surface area (Å²) in [5, 5.41) is 11.8. The number of hydrazone groups is 1. The summed E-state index contributed by atoms with van der Waals surface area (Å²) in [6.45, 7) is 0.641. The smallest absolute Gasteiger partial charge is 0.250 e. The summed E-state index contributed by atoms with van der Waals surface area (Å²) in [6.07, 6.45) is 3.21. The number of ether oxygens (including phenoxy) is 2. The zero-order valence-electron chi connectivity index (χ0n) is 22.1. The number of halogens is 3. The van der Waals surface area contributed by atoms with Crippen LogP contribution in [-0.4, -0.2) is 28.3 Å². The topological polar surface area (TPSA) is 119 Å². The zero-order valence-corrected chi connectivity index (χ0v) is 25.2. The molecule has 2 aromatic heterocycles. The van der Waals surface area contributed by atoms with Crippen LogP contribution in [-0.2, 0) is 13.2 Å². The van der Waals surface area contributed by atoms with Crippen molar-refractivity contribution in [3.05, 3.63) is 110 Å². The minimum absolute atomic E-state index is 0.213. The van der Waals surface area contributed by atoms with Gasteiger partial charge in [-0.05, 0) is 66.7 Å². The monoisotopic (exact) mass is 667 g/mol. The average Bonchev–Trinajstić information content (AvgIpc) is 3.51. The molecule has 3 N–H and O–H groups in total. The standard InChI is InChI=1S/C29H24BrCl2N7O3/c1-40-23-9-7-22(8-10-23)35-28-36-27(33-16-24-3-2-12-41-24)37-29(38-28)39-34-15-19-13-20(30)5-11-26(19)42-17-18-4-6-21(31)14-25(18)32/h2-15H,16-17H2,1H3,(H3,33,35,36,37,38,39)/b34-15+. The van der Waals surface area contributed by atoms with Gasteiger partial charge in [-0.1, -0.05) is 45.2 Å². The van der Waals surface area contributed by atoms with E-state index in [1.807, 2.05) is 60.7 Å². The van der Waals surface area contributed by atoms with E-state index in [9.17, 15) is 0 Å². The molecule has 0 saturated heterocycles. The normalized spacial score (nSPS) is 11.0. The van der Waals surface area contributed by atoms with Crippen molar-refractivity contribution >= 4 is 68.9 Å². The lowest BCUT2D eigenvalue weighted by Crippen LogP contribution is -2.09. The van der Waals surface area contributed by atoms with Crippen LogP contribution in [0, 0.1) is 0 Å². The number of nitrogens with one attached hydrogen (secondary N) is 3. The number of methoxy groups -OCH3 is 1. The Labute approximate surface area is 260 Å². The fourth-order valence-corrected chi connectivity index (χ4v) is 4.49. The third-order valence-corrected chi connectivity index (χ3v) is 6.80. The van der Waals surface area contributed by atoms with Crippen LogP contribution < -0.4 is 25.5 Å². The highest BCUT2D eigenvalue weighted by Gasteiger charge is 2.10. The summed E-state index contributed by atoms with van der Waals surface area (Å²) in [5.74, 6) is 2.91. The summed E-state index contributed by atoms with van der Waals surface area (Å²) in [6, 6.07) is 21.9. The fourth-order valence-electron chi connectivity index (χ4n) is 3.65. The molecule has 0 bridgehead atoms. The zero-order chi connectivity index (χ0) is 29.3. The van der Waals surface area contributed by atoms with Gasteiger partial charge >= 0.3 is 0 Å². The third kappa shape index (κ3) is 8.12. The molecule has 0 spiro atoms. The lowest BCUT2D eigenvalue weighted by atomic mass is 10.2. The number of nitrogens with zero attached hydrogens (tertiary/aromatic N) is 4. The van der Waals surface area contributed by atoms with Crippen LogP contribution in [0.2, 0.25) is 10.0 Å². The maximum absolute atomic E-state index is 6.31. The van der Waals surface area contributed by atoms with Crippen molar-refractivity contribution in [1.29, 1.82) is 0 Å². The summed E-state index contributed by atoms with van der Waals surface area (Å²) < 4.78 is 17.5. The summed E-state index contributed by atoms with van der Waals surface area (Å²) >= 11 is 15.8. The molecule has 0 aliphatic rings. The summed E-state index contributed by atoms with van der Waals surface area (Å²) in [4.78, 5) is 13.4. The van der Waals surface area contributed by atoms with Gasteiger partial charge in [0, 0.05) is 31.3 Å². The maximum Gasteiger partial charge on any atom is 0.250 e. The van der Waals surface area contributed by atoms with Crippen molar-refractivity contribution in [2.75, 3.05) is 23.2 Å². The Balaban J connectivity index is 1.33. The lowest BCUT2D eigenvalue weighted by molar-refractivity contribution is 0.306. The van der Waals surface area contributed by atoms with E-state index >= 15 is 0 Å². The van der Waals surface area contributed by atoms with Gasteiger partial charge in [-0.25, -0.2) is 5.43 Å². The molecule has 0 saturated carbocycles. The number of hydrogen-bond acceptors (Lipinski definition) is 10. The molecule has 5 rings (SSSR count). The van der Waals surface area contributed by atoms with Crippen LogP contribution in [0.4, 0.5) is 23.5 Å². The molecular formula is C29H24BrCl2N7O3. The van der Waals surface area contributed by atoms with Gasteiger partial charge in [-0.3, -0.25) is 0 Å². The minimum atomic E-state index is 0.213. The molecule has 214 valence electrons. The van der Waals surface area contributed by atoms with Crippen LogP contribution >= 0.6 is 39.1 Å². The van der Waals surface area contributed by atoms with Gasteiger partial charge in [0.2, 0.25) is 17.8 Å². The number of anilines is 4. The largest absolute Gasteiger partial charge is 0.497 e. The van der Waals surface area contributed by atoms with Crippen LogP contribution in [0.25, 0.3) is 0 Å². The SMILES string of the molecule is COc1ccc(Nc2nc(NCc3ccco3)nc(N/N=C/c3cc(Br)ccc3OCc3ccc(Cl)cc3Cl)n2)cc1. The highest BCUT2D eigenvalue weighted by atomic mass is 79.9. The Hall–Kier alpha value is -4.32. The maximum atomic E-state index is 6.31. The number of benzene rings is 3. The Kier molecular flexibility index (Phi) is 9.75. The number of aromatic nitrogens is 3. The van der Waals surface area contributed by atoms with Crippen molar-refractivity contribution in [3.8, 4) is 11.5 Å². The molecule has 0 amide bonds. The van der Waals surface area contributed by atoms with Crippen LogP contribution in [0.15, 0.2) is 93.1 Å². The van der Waals surface area contributed by atoms with Crippen molar-refractivity contribution in [1.82, 2.24) is 15.0 Å². The van der Waals surface area contributed by atoms with E-state index in [-0.39, 0.29) is 12.6 Å². The molecule has 0 unspecified atom stereocenters. The Morgan fingerprint density at radius 3 is 2.52 bits per heavy atom. The Morgan fingerprint density at radius 2 is 1.76 bits per heavy atom. The van der Waals surface area contributed by atoms with Crippen molar-refractivity contribution < 1.29 is 13.9 Å². The van der Waals surface area contributed by atoms with Gasteiger partial charge in [0.05, 0.1) is 26.1 Å². The number of furan rings is 1. The molecule has 13 heteroatoms. The Morgan fingerprint density at radius 1 is 0.952 bits per heavy atom. The first-order chi connectivity index (χ1) is 20.4. The van der Waals surface area contributed by atoms with E-state index in [1.54, 1.807) is 31.7 Å². The second kappa shape index (κ2) is 14.0. The molecule has 0 aliphatic carbocycles. The second-order valence-electron chi connectivity index (χ2n) is 8.67. The molecule has 42 heavy (non-hydrogen) atoms. The van der Waals surface area contributed by atoms with Crippen molar-refractivity contribution in [2.24, 2.45) is 5.10 Å². The lowest BCUT2D eigenvalue weighted by Gasteiger charge is -2.11. The van der Waals surface area contributed by atoms with Gasteiger partial charge in [0.1, 0.15) is 23.9 Å². The van der Waals surface area contributed by atoms with Crippen LogP contribution in [0.5, 0.6) is 11.5 Å². The first-order valence-electron chi connectivity index (χ1n) is 12.5. The van der Waals surface area contributed by atoms with E-state index < -0.39 is 0 Å². The van der Waals surface area contributed by atoms with Gasteiger partial charge < -0.3 is 24.5 Å². The highest BCUT2D eigenvalue weighted by Crippen LogP contribution is 2.26. The molecule has 0 fully saturated rings. The highest BCUT2D eigenvalue weighted by molar-refractivity contribution is 9.10. The van der Waals surface area contributed by atoms with E-state index in [4.69, 9.17) is 37.1 Å². The van der Waals surface area contributed by atoms with Gasteiger partial charge in [-0.2, -0.15) is 20.1 Å². The predicted molar refractivity (Wildman–Crippen MR) is 168 cm³/mol. The number of rotatable bonds is 12. The molecule has 0 radical (unpaired) electrons.